The van der Waals surface area contributed by atoms with Crippen LogP contribution in [0.15, 0.2) is 30.3 Å². The molecule has 0 aliphatic heterocycles. The highest BCUT2D eigenvalue weighted by molar-refractivity contribution is 7.12. The van der Waals surface area contributed by atoms with Crippen LogP contribution in [0.25, 0.3) is 11.3 Å². The Labute approximate surface area is 125 Å². The van der Waals surface area contributed by atoms with Gasteiger partial charge in [0.05, 0.1) is 10.7 Å². The number of nitrogens with zero attached hydrogens (tertiary/aromatic N) is 1. The summed E-state index contributed by atoms with van der Waals surface area (Å²) in [7, 11) is 0. The second-order valence-corrected chi connectivity index (χ2v) is 6.67. The molecule has 0 amide bonds. The zero-order valence-corrected chi connectivity index (χ0v) is 12.9. The van der Waals surface area contributed by atoms with E-state index in [1.165, 1.54) is 46.8 Å². The first kappa shape index (κ1) is 13.8. The molecule has 0 saturated heterocycles. The molecule has 1 aliphatic carbocycles. The minimum atomic E-state index is 0.750. The van der Waals surface area contributed by atoms with Crippen molar-refractivity contribution in [1.29, 1.82) is 0 Å². The summed E-state index contributed by atoms with van der Waals surface area (Å²) >= 11 is 1.89. The molecule has 2 nitrogen and oxygen atoms in total. The quantitative estimate of drug-likeness (QED) is 0.815. The molecule has 106 valence electrons. The van der Waals surface area contributed by atoms with Crippen LogP contribution in [-0.4, -0.2) is 11.0 Å². The Morgan fingerprint density at radius 2 is 2.05 bits per heavy atom. The third kappa shape index (κ3) is 3.47. The summed E-state index contributed by atoms with van der Waals surface area (Å²) in [6, 6.07) is 11.3. The maximum atomic E-state index is 4.89. The van der Waals surface area contributed by atoms with E-state index in [-0.39, 0.29) is 0 Å². The average Bonchev–Trinajstić information content (AvgIpc) is 3.23. The highest BCUT2D eigenvalue weighted by Gasteiger charge is 2.21. The van der Waals surface area contributed by atoms with E-state index < -0.39 is 0 Å². The summed E-state index contributed by atoms with van der Waals surface area (Å²) in [5, 5.41) is 4.91. The van der Waals surface area contributed by atoms with E-state index in [0.29, 0.717) is 0 Å². The first-order valence-corrected chi connectivity index (χ1v) is 8.46. The number of rotatable bonds is 7. The molecule has 0 bridgehead atoms. The maximum absolute atomic E-state index is 4.89. The minimum absolute atomic E-state index is 0.750. The van der Waals surface area contributed by atoms with E-state index >= 15 is 0 Å². The van der Waals surface area contributed by atoms with Crippen molar-refractivity contribution in [3.63, 3.8) is 0 Å². The van der Waals surface area contributed by atoms with Gasteiger partial charge in [0.2, 0.25) is 0 Å². The molecule has 20 heavy (non-hydrogen) atoms. The van der Waals surface area contributed by atoms with E-state index in [2.05, 4.69) is 42.6 Å². The van der Waals surface area contributed by atoms with Gasteiger partial charge in [0, 0.05) is 23.0 Å². The summed E-state index contributed by atoms with van der Waals surface area (Å²) < 4.78 is 0. The highest BCUT2D eigenvalue weighted by Crippen LogP contribution is 2.30. The smallest absolute Gasteiger partial charge is 0.0935 e. The van der Waals surface area contributed by atoms with E-state index in [0.717, 1.165) is 19.0 Å². The summed E-state index contributed by atoms with van der Waals surface area (Å²) in [6.07, 6.45) is 6.25. The van der Waals surface area contributed by atoms with E-state index in [1.807, 2.05) is 11.3 Å². The number of nitrogens with one attached hydrogen (secondary N) is 1. The number of thiazole rings is 1. The summed E-state index contributed by atoms with van der Waals surface area (Å²) in [4.78, 5) is 6.29. The first-order chi connectivity index (χ1) is 9.86. The summed E-state index contributed by atoms with van der Waals surface area (Å²) in [6.45, 7) is 3.21. The van der Waals surface area contributed by atoms with Crippen molar-refractivity contribution in [1.82, 2.24) is 10.3 Å². The highest BCUT2D eigenvalue weighted by atomic mass is 32.1. The Balaban J connectivity index is 1.82. The maximum Gasteiger partial charge on any atom is 0.0935 e. The number of aryl methyl sites for hydroxylation is 1. The number of aromatic nitrogens is 1. The Morgan fingerprint density at radius 1 is 1.25 bits per heavy atom. The van der Waals surface area contributed by atoms with Gasteiger partial charge in [0.1, 0.15) is 0 Å². The van der Waals surface area contributed by atoms with Gasteiger partial charge >= 0.3 is 0 Å². The second kappa shape index (κ2) is 6.51. The SMILES string of the molecule is CCCCc1nc(-c2ccccc2)c(CNC2CC2)s1. The molecule has 0 spiro atoms. The fraction of sp³-hybridized carbons (Fsp3) is 0.471. The minimum Gasteiger partial charge on any atom is -0.309 e. The van der Waals surface area contributed by atoms with Crippen LogP contribution in [0.2, 0.25) is 0 Å². The lowest BCUT2D eigenvalue weighted by Crippen LogP contribution is -2.14. The predicted molar refractivity (Wildman–Crippen MR) is 86.0 cm³/mol. The van der Waals surface area contributed by atoms with Crippen molar-refractivity contribution in [2.75, 3.05) is 0 Å². The van der Waals surface area contributed by atoms with Crippen molar-refractivity contribution in [2.24, 2.45) is 0 Å². The zero-order valence-electron chi connectivity index (χ0n) is 12.1. The van der Waals surface area contributed by atoms with Crippen LogP contribution in [0.4, 0.5) is 0 Å². The Hall–Kier alpha value is -1.19. The van der Waals surface area contributed by atoms with Crippen molar-refractivity contribution >= 4 is 11.3 Å². The van der Waals surface area contributed by atoms with E-state index in [9.17, 15) is 0 Å². The van der Waals surface area contributed by atoms with Crippen LogP contribution >= 0.6 is 11.3 Å². The van der Waals surface area contributed by atoms with Gasteiger partial charge in [-0.25, -0.2) is 4.98 Å². The van der Waals surface area contributed by atoms with Gasteiger partial charge in [0.15, 0.2) is 0 Å². The van der Waals surface area contributed by atoms with Crippen LogP contribution in [0, 0.1) is 0 Å². The Morgan fingerprint density at radius 3 is 2.75 bits per heavy atom. The third-order valence-electron chi connectivity index (χ3n) is 3.66. The molecule has 0 atom stereocenters. The van der Waals surface area contributed by atoms with Crippen molar-refractivity contribution in [3.8, 4) is 11.3 Å². The number of unbranched alkanes of at least 4 members (excludes halogenated alkanes) is 1. The molecule has 1 aromatic heterocycles. The molecular weight excluding hydrogens is 264 g/mol. The van der Waals surface area contributed by atoms with E-state index in [4.69, 9.17) is 4.98 Å². The van der Waals surface area contributed by atoms with Gasteiger partial charge < -0.3 is 5.32 Å². The lowest BCUT2D eigenvalue weighted by atomic mass is 10.1. The molecule has 0 unspecified atom stereocenters. The molecule has 1 aromatic carbocycles. The molecule has 0 radical (unpaired) electrons. The standard InChI is InChI=1S/C17H22N2S/c1-2-3-9-16-19-17(13-7-5-4-6-8-13)15(20-16)12-18-14-10-11-14/h4-8,14,18H,2-3,9-12H2,1H3. The average molecular weight is 286 g/mol. The largest absolute Gasteiger partial charge is 0.309 e. The topological polar surface area (TPSA) is 24.9 Å². The van der Waals surface area contributed by atoms with E-state index in [1.54, 1.807) is 0 Å². The summed E-state index contributed by atoms with van der Waals surface area (Å²) in [5.41, 5.74) is 2.44. The second-order valence-electron chi connectivity index (χ2n) is 5.50. The Bertz CT molecular complexity index is 543. The molecule has 1 saturated carbocycles. The fourth-order valence-electron chi connectivity index (χ4n) is 2.30. The molecule has 1 aliphatic rings. The molecule has 1 fully saturated rings. The fourth-order valence-corrected chi connectivity index (χ4v) is 3.38. The third-order valence-corrected chi connectivity index (χ3v) is 4.78. The molecule has 3 heteroatoms. The monoisotopic (exact) mass is 286 g/mol. The van der Waals surface area contributed by atoms with Crippen molar-refractivity contribution < 1.29 is 0 Å². The predicted octanol–water partition coefficient (Wildman–Crippen LogP) is 4.40. The first-order valence-electron chi connectivity index (χ1n) is 7.64. The lowest BCUT2D eigenvalue weighted by molar-refractivity contribution is 0.695. The zero-order chi connectivity index (χ0) is 13.8. The molecule has 1 heterocycles. The Kier molecular flexibility index (Phi) is 4.48. The summed E-state index contributed by atoms with van der Waals surface area (Å²) in [5.74, 6) is 0. The van der Waals surface area contributed by atoms with Crippen LogP contribution < -0.4 is 5.32 Å². The van der Waals surface area contributed by atoms with Crippen LogP contribution in [-0.2, 0) is 13.0 Å². The van der Waals surface area contributed by atoms with Gasteiger partial charge in [-0.1, -0.05) is 43.7 Å². The molecular formula is C17H22N2S. The molecule has 3 rings (SSSR count). The van der Waals surface area contributed by atoms with Crippen molar-refractivity contribution in [3.05, 3.63) is 40.2 Å². The number of hydrogen-bond acceptors (Lipinski definition) is 3. The van der Waals surface area contributed by atoms with Gasteiger partial charge in [-0.2, -0.15) is 0 Å². The van der Waals surface area contributed by atoms with Crippen molar-refractivity contribution in [2.45, 2.75) is 51.6 Å². The van der Waals surface area contributed by atoms with Crippen LogP contribution in [0.5, 0.6) is 0 Å². The van der Waals surface area contributed by atoms with Gasteiger partial charge in [-0.05, 0) is 25.7 Å². The van der Waals surface area contributed by atoms with Crippen LogP contribution in [0.3, 0.4) is 0 Å². The normalized spacial score (nSPS) is 14.7. The molecule has 1 N–H and O–H groups in total. The number of benzene rings is 1. The van der Waals surface area contributed by atoms with Crippen LogP contribution in [0.1, 0.15) is 42.5 Å². The number of hydrogen-bond donors (Lipinski definition) is 1. The molecule has 2 aromatic rings. The van der Waals surface area contributed by atoms with Gasteiger partial charge in [-0.15, -0.1) is 11.3 Å². The van der Waals surface area contributed by atoms with Gasteiger partial charge in [-0.3, -0.25) is 0 Å². The lowest BCUT2D eigenvalue weighted by Gasteiger charge is -2.03. The van der Waals surface area contributed by atoms with Gasteiger partial charge in [0.25, 0.3) is 0 Å².